The fourth-order valence-corrected chi connectivity index (χ4v) is 2.44. The molecule has 0 aliphatic carbocycles. The Bertz CT molecular complexity index is 534. The molecular weight excluding hydrogens is 254 g/mol. The molecule has 0 aromatic carbocycles. The Morgan fingerprint density at radius 2 is 2.25 bits per heavy atom. The van der Waals surface area contributed by atoms with Crippen molar-refractivity contribution in [1.29, 1.82) is 0 Å². The third kappa shape index (κ3) is 2.91. The van der Waals surface area contributed by atoms with Gasteiger partial charge in [-0.15, -0.1) is 0 Å². The standard InChI is InChI=1S/C14H19N5O/c20-12-3-6-19(7-4-12)14-13(2-1-5-15-14)16-8-11-9-17-18-10-11/h1-2,5,9-10,12,16,20H,3-4,6-8H2,(H,17,18). The number of pyridine rings is 1. The average molecular weight is 273 g/mol. The van der Waals surface area contributed by atoms with Crippen LogP contribution < -0.4 is 10.2 Å². The molecule has 0 saturated carbocycles. The largest absolute Gasteiger partial charge is 0.393 e. The lowest BCUT2D eigenvalue weighted by molar-refractivity contribution is 0.145. The second-order valence-electron chi connectivity index (χ2n) is 5.05. The lowest BCUT2D eigenvalue weighted by atomic mass is 10.1. The molecule has 20 heavy (non-hydrogen) atoms. The summed E-state index contributed by atoms with van der Waals surface area (Å²) in [6.07, 6.45) is 6.93. The SMILES string of the molecule is OC1CCN(c2ncccc2NCc2cn[nH]c2)CC1. The maximum atomic E-state index is 9.60. The molecule has 2 aromatic rings. The highest BCUT2D eigenvalue weighted by atomic mass is 16.3. The molecule has 1 aliphatic rings. The minimum Gasteiger partial charge on any atom is -0.393 e. The zero-order chi connectivity index (χ0) is 13.8. The Morgan fingerprint density at radius 1 is 1.40 bits per heavy atom. The van der Waals surface area contributed by atoms with Crippen molar-refractivity contribution in [2.75, 3.05) is 23.3 Å². The first kappa shape index (κ1) is 12.9. The maximum absolute atomic E-state index is 9.60. The van der Waals surface area contributed by atoms with Gasteiger partial charge in [0.1, 0.15) is 0 Å². The van der Waals surface area contributed by atoms with Gasteiger partial charge >= 0.3 is 0 Å². The molecule has 0 bridgehead atoms. The first-order valence-electron chi connectivity index (χ1n) is 6.92. The molecule has 0 radical (unpaired) electrons. The number of nitrogens with one attached hydrogen (secondary N) is 2. The van der Waals surface area contributed by atoms with Gasteiger partial charge in [-0.1, -0.05) is 0 Å². The van der Waals surface area contributed by atoms with E-state index in [9.17, 15) is 5.11 Å². The monoisotopic (exact) mass is 273 g/mol. The number of aliphatic hydroxyl groups is 1. The quantitative estimate of drug-likeness (QED) is 0.784. The highest BCUT2D eigenvalue weighted by Gasteiger charge is 2.20. The fourth-order valence-electron chi connectivity index (χ4n) is 2.44. The Hall–Kier alpha value is -2.08. The van der Waals surface area contributed by atoms with Crippen molar-refractivity contribution in [2.45, 2.75) is 25.5 Å². The predicted octanol–water partition coefficient (Wildman–Crippen LogP) is 1.38. The van der Waals surface area contributed by atoms with E-state index < -0.39 is 0 Å². The van der Waals surface area contributed by atoms with Crippen LogP contribution in [0.5, 0.6) is 0 Å². The summed E-state index contributed by atoms with van der Waals surface area (Å²) >= 11 is 0. The highest BCUT2D eigenvalue weighted by molar-refractivity contribution is 5.65. The molecule has 106 valence electrons. The summed E-state index contributed by atoms with van der Waals surface area (Å²) in [4.78, 5) is 6.71. The van der Waals surface area contributed by atoms with Gasteiger partial charge in [-0.05, 0) is 25.0 Å². The number of H-pyrrole nitrogens is 1. The first-order chi connectivity index (χ1) is 9.83. The predicted molar refractivity (Wildman–Crippen MR) is 77.6 cm³/mol. The van der Waals surface area contributed by atoms with E-state index in [0.29, 0.717) is 6.54 Å². The molecule has 3 rings (SSSR count). The fraction of sp³-hybridized carbons (Fsp3) is 0.429. The van der Waals surface area contributed by atoms with Gasteiger partial charge in [-0.25, -0.2) is 4.98 Å². The Labute approximate surface area is 117 Å². The van der Waals surface area contributed by atoms with E-state index in [1.165, 1.54) is 0 Å². The minimum absolute atomic E-state index is 0.169. The van der Waals surface area contributed by atoms with Gasteiger partial charge in [0.15, 0.2) is 5.82 Å². The molecule has 6 heteroatoms. The van der Waals surface area contributed by atoms with Crippen molar-refractivity contribution in [3.63, 3.8) is 0 Å². The third-order valence-corrected chi connectivity index (χ3v) is 3.59. The van der Waals surface area contributed by atoms with Gasteiger partial charge in [0.25, 0.3) is 0 Å². The third-order valence-electron chi connectivity index (χ3n) is 3.59. The number of aromatic amines is 1. The zero-order valence-corrected chi connectivity index (χ0v) is 11.3. The Morgan fingerprint density at radius 3 is 3.00 bits per heavy atom. The molecule has 6 nitrogen and oxygen atoms in total. The number of anilines is 2. The van der Waals surface area contributed by atoms with E-state index in [1.807, 2.05) is 24.5 Å². The molecule has 0 atom stereocenters. The molecule has 1 aliphatic heterocycles. The van der Waals surface area contributed by atoms with E-state index in [2.05, 4.69) is 25.4 Å². The lowest BCUT2D eigenvalue weighted by Gasteiger charge is -2.31. The molecular formula is C14H19N5O. The second kappa shape index (κ2) is 5.92. The number of hydrogen-bond donors (Lipinski definition) is 3. The molecule has 1 fully saturated rings. The van der Waals surface area contributed by atoms with Crippen LogP contribution in [0.2, 0.25) is 0 Å². The van der Waals surface area contributed by atoms with Crippen LogP contribution in [0.4, 0.5) is 11.5 Å². The summed E-state index contributed by atoms with van der Waals surface area (Å²) in [5.41, 5.74) is 2.12. The van der Waals surface area contributed by atoms with Gasteiger partial charge in [0.05, 0.1) is 18.0 Å². The zero-order valence-electron chi connectivity index (χ0n) is 11.3. The smallest absolute Gasteiger partial charge is 0.151 e. The number of aromatic nitrogens is 3. The molecule has 2 aromatic heterocycles. The summed E-state index contributed by atoms with van der Waals surface area (Å²) in [6.45, 7) is 2.41. The first-order valence-corrected chi connectivity index (χ1v) is 6.92. The Balaban J connectivity index is 1.71. The van der Waals surface area contributed by atoms with Crippen molar-refractivity contribution in [3.05, 3.63) is 36.3 Å². The van der Waals surface area contributed by atoms with Crippen molar-refractivity contribution >= 4 is 11.5 Å². The number of rotatable bonds is 4. The molecule has 0 spiro atoms. The van der Waals surface area contributed by atoms with Crippen molar-refractivity contribution in [3.8, 4) is 0 Å². The summed E-state index contributed by atoms with van der Waals surface area (Å²) in [5, 5.41) is 19.7. The van der Waals surface area contributed by atoms with E-state index in [0.717, 1.165) is 43.0 Å². The number of hydrogen-bond acceptors (Lipinski definition) is 5. The van der Waals surface area contributed by atoms with Crippen LogP contribution in [0.3, 0.4) is 0 Å². The molecule has 1 saturated heterocycles. The van der Waals surface area contributed by atoms with Crippen LogP contribution in [0.15, 0.2) is 30.7 Å². The summed E-state index contributed by atoms with van der Waals surface area (Å²) < 4.78 is 0. The van der Waals surface area contributed by atoms with Gasteiger partial charge in [-0.2, -0.15) is 5.10 Å². The van der Waals surface area contributed by atoms with E-state index in [-0.39, 0.29) is 6.10 Å². The summed E-state index contributed by atoms with van der Waals surface area (Å²) in [6, 6.07) is 3.97. The highest BCUT2D eigenvalue weighted by Crippen LogP contribution is 2.26. The maximum Gasteiger partial charge on any atom is 0.151 e. The average Bonchev–Trinajstić information content (AvgIpc) is 3.00. The Kier molecular flexibility index (Phi) is 3.83. The van der Waals surface area contributed by atoms with Crippen LogP contribution in [-0.4, -0.2) is 39.5 Å². The molecule has 0 amide bonds. The van der Waals surface area contributed by atoms with Crippen molar-refractivity contribution in [2.24, 2.45) is 0 Å². The van der Waals surface area contributed by atoms with Crippen LogP contribution in [-0.2, 0) is 6.54 Å². The van der Waals surface area contributed by atoms with Crippen LogP contribution in [0.1, 0.15) is 18.4 Å². The van der Waals surface area contributed by atoms with Gasteiger partial charge in [0.2, 0.25) is 0 Å². The molecule has 3 heterocycles. The van der Waals surface area contributed by atoms with E-state index in [4.69, 9.17) is 0 Å². The van der Waals surface area contributed by atoms with Crippen LogP contribution in [0, 0.1) is 0 Å². The number of aliphatic hydroxyl groups excluding tert-OH is 1. The normalized spacial score (nSPS) is 16.4. The van der Waals surface area contributed by atoms with Crippen LogP contribution >= 0.6 is 0 Å². The topological polar surface area (TPSA) is 77.1 Å². The molecule has 3 N–H and O–H groups in total. The van der Waals surface area contributed by atoms with E-state index in [1.54, 1.807) is 6.20 Å². The second-order valence-corrected chi connectivity index (χ2v) is 5.05. The summed E-state index contributed by atoms with van der Waals surface area (Å²) in [5.74, 6) is 0.961. The lowest BCUT2D eigenvalue weighted by Crippen LogP contribution is -2.36. The van der Waals surface area contributed by atoms with Crippen molar-refractivity contribution < 1.29 is 5.11 Å². The van der Waals surface area contributed by atoms with Crippen LogP contribution in [0.25, 0.3) is 0 Å². The van der Waals surface area contributed by atoms with Crippen molar-refractivity contribution in [1.82, 2.24) is 15.2 Å². The van der Waals surface area contributed by atoms with Gasteiger partial charge < -0.3 is 15.3 Å². The van der Waals surface area contributed by atoms with Gasteiger partial charge in [-0.3, -0.25) is 5.10 Å². The summed E-state index contributed by atoms with van der Waals surface area (Å²) in [7, 11) is 0. The number of piperidine rings is 1. The minimum atomic E-state index is -0.169. The van der Waals surface area contributed by atoms with Gasteiger partial charge in [0, 0.05) is 37.6 Å². The number of nitrogens with zero attached hydrogens (tertiary/aromatic N) is 3. The molecule has 0 unspecified atom stereocenters. The van der Waals surface area contributed by atoms with E-state index >= 15 is 0 Å².